The third kappa shape index (κ3) is 7.33. The quantitative estimate of drug-likeness (QED) is 0.260. The molecule has 1 aliphatic heterocycles. The fourth-order valence-corrected chi connectivity index (χ4v) is 6.50. The Bertz CT molecular complexity index is 1400. The zero-order valence-corrected chi connectivity index (χ0v) is 26.8. The molecule has 3 aromatic rings. The van der Waals surface area contributed by atoms with Gasteiger partial charge in [-0.15, -0.1) is 0 Å². The minimum absolute atomic E-state index is 0.142. The maximum absolute atomic E-state index is 11.1. The molecular weight excluding hydrogens is 558 g/mol. The first kappa shape index (κ1) is 31.7. The Kier molecular flexibility index (Phi) is 10.7. The summed E-state index contributed by atoms with van der Waals surface area (Å²) in [4.78, 5) is 4.91. The molecule has 2 unspecified atom stereocenters. The highest BCUT2D eigenvalue weighted by Gasteiger charge is 2.28. The van der Waals surface area contributed by atoms with Crippen molar-refractivity contribution in [3.05, 3.63) is 58.8 Å². The second-order valence-electron chi connectivity index (χ2n) is 11.9. The van der Waals surface area contributed by atoms with Crippen molar-refractivity contribution >= 4 is 17.8 Å². The molecule has 0 bridgehead atoms. The number of aromatic nitrogens is 1. The van der Waals surface area contributed by atoms with E-state index in [-0.39, 0.29) is 6.61 Å². The Hall–Kier alpha value is -3.69. The van der Waals surface area contributed by atoms with E-state index < -0.39 is 6.10 Å². The van der Waals surface area contributed by atoms with E-state index in [0.717, 1.165) is 30.8 Å². The van der Waals surface area contributed by atoms with Crippen molar-refractivity contribution in [2.45, 2.75) is 64.0 Å². The fourth-order valence-electron chi connectivity index (χ4n) is 6.50. The van der Waals surface area contributed by atoms with Crippen molar-refractivity contribution in [1.29, 1.82) is 0 Å². The van der Waals surface area contributed by atoms with Gasteiger partial charge in [0.2, 0.25) is 0 Å². The number of anilines is 1. The second-order valence-corrected chi connectivity index (χ2v) is 11.9. The molecule has 1 N–H and O–H groups in total. The van der Waals surface area contributed by atoms with E-state index in [0.29, 0.717) is 47.4 Å². The summed E-state index contributed by atoms with van der Waals surface area (Å²) in [6, 6.07) is 12.9. The number of benzene rings is 2. The number of hydrogen-bond donors (Lipinski definition) is 1. The molecule has 5 rings (SSSR count). The number of piperazine rings is 1. The summed E-state index contributed by atoms with van der Waals surface area (Å²) in [6.45, 7) is 7.58. The highest BCUT2D eigenvalue weighted by Crippen LogP contribution is 2.39. The lowest BCUT2D eigenvalue weighted by molar-refractivity contribution is 0.0511. The molecule has 2 fully saturated rings. The first-order chi connectivity index (χ1) is 21.4. The summed E-state index contributed by atoms with van der Waals surface area (Å²) in [5, 5.41) is 15.0. The number of rotatable bonds is 12. The minimum atomic E-state index is -0.663. The molecule has 238 valence electrons. The predicted octanol–water partition coefficient (Wildman–Crippen LogP) is 6.18. The van der Waals surface area contributed by atoms with E-state index in [9.17, 15) is 5.11 Å². The molecule has 44 heavy (non-hydrogen) atoms. The van der Waals surface area contributed by atoms with Crippen molar-refractivity contribution in [3.63, 3.8) is 0 Å². The summed E-state index contributed by atoms with van der Waals surface area (Å²) in [7, 11) is 4.74. The molecule has 0 spiro atoms. The summed E-state index contributed by atoms with van der Waals surface area (Å²) in [5.74, 6) is 3.39. The number of β-amino-alcohol motifs (C(OH)–C–C–N with tert-alkyl or cyclic N) is 1. The zero-order valence-electron chi connectivity index (χ0n) is 26.8. The summed E-state index contributed by atoms with van der Waals surface area (Å²) < 4.78 is 27.9. The maximum atomic E-state index is 11.1. The smallest absolute Gasteiger partial charge is 0.257 e. The summed E-state index contributed by atoms with van der Waals surface area (Å²) in [6.07, 6.45) is 9.63. The molecule has 9 nitrogen and oxygen atoms in total. The van der Waals surface area contributed by atoms with E-state index in [2.05, 4.69) is 46.1 Å². The normalized spacial score (nSPS) is 18.9. The lowest BCUT2D eigenvalue weighted by atomic mass is 9.83. The first-order valence-electron chi connectivity index (χ1n) is 15.7. The van der Waals surface area contributed by atoms with Gasteiger partial charge in [0, 0.05) is 49.5 Å². The first-order valence-corrected chi connectivity index (χ1v) is 15.7. The van der Waals surface area contributed by atoms with E-state index >= 15 is 0 Å². The lowest BCUT2D eigenvalue weighted by Gasteiger charge is -2.43. The van der Waals surface area contributed by atoms with Gasteiger partial charge in [0.1, 0.15) is 18.5 Å². The number of hydrogen-bond acceptors (Lipinski definition) is 9. The Morgan fingerprint density at radius 2 is 1.73 bits per heavy atom. The van der Waals surface area contributed by atoms with Crippen LogP contribution in [0.25, 0.3) is 12.2 Å². The van der Waals surface area contributed by atoms with Gasteiger partial charge in [-0.25, -0.2) is 0 Å². The van der Waals surface area contributed by atoms with Gasteiger partial charge < -0.3 is 33.5 Å². The molecule has 1 aliphatic carbocycles. The summed E-state index contributed by atoms with van der Waals surface area (Å²) >= 11 is 0. The van der Waals surface area contributed by atoms with E-state index in [1.807, 2.05) is 25.1 Å². The Morgan fingerprint density at radius 3 is 2.43 bits per heavy atom. The van der Waals surface area contributed by atoms with Gasteiger partial charge in [-0.2, -0.15) is 0 Å². The van der Waals surface area contributed by atoms with Gasteiger partial charge in [-0.05, 0) is 67.6 Å². The number of nitrogens with zero attached hydrogens (tertiary/aromatic N) is 3. The minimum Gasteiger partial charge on any atom is -0.493 e. The van der Waals surface area contributed by atoms with Crippen LogP contribution in [0.2, 0.25) is 0 Å². The number of aliphatic hydroxyl groups is 1. The molecule has 2 atom stereocenters. The topological polar surface area (TPSA) is 89.7 Å². The van der Waals surface area contributed by atoms with Gasteiger partial charge in [-0.3, -0.25) is 4.90 Å². The number of aliphatic hydroxyl groups excluding tert-OH is 1. The largest absolute Gasteiger partial charge is 0.493 e. The van der Waals surface area contributed by atoms with Crippen LogP contribution in [0.4, 0.5) is 5.69 Å². The van der Waals surface area contributed by atoms with Crippen LogP contribution in [-0.2, 0) is 0 Å². The summed E-state index contributed by atoms with van der Waals surface area (Å²) in [5.41, 5.74) is 4.46. The van der Waals surface area contributed by atoms with Crippen LogP contribution in [-0.4, -0.2) is 81.4 Å². The second kappa shape index (κ2) is 14.9. The fraction of sp³-hybridized carbons (Fsp3) is 0.514. The van der Waals surface area contributed by atoms with E-state index in [1.54, 1.807) is 27.4 Å². The van der Waals surface area contributed by atoms with Crippen molar-refractivity contribution in [1.82, 2.24) is 10.1 Å². The third-order valence-electron chi connectivity index (χ3n) is 9.00. The molecule has 2 aromatic carbocycles. The van der Waals surface area contributed by atoms with Crippen LogP contribution in [0.5, 0.6) is 23.1 Å². The van der Waals surface area contributed by atoms with Crippen molar-refractivity contribution in [2.75, 3.05) is 59.0 Å². The van der Waals surface area contributed by atoms with Crippen LogP contribution in [0, 0.1) is 6.92 Å². The maximum Gasteiger partial charge on any atom is 0.257 e. The van der Waals surface area contributed by atoms with Gasteiger partial charge in [0.05, 0.1) is 26.9 Å². The van der Waals surface area contributed by atoms with Crippen LogP contribution in [0.15, 0.2) is 40.9 Å². The molecule has 9 heteroatoms. The van der Waals surface area contributed by atoms with Gasteiger partial charge >= 0.3 is 0 Å². The van der Waals surface area contributed by atoms with Crippen LogP contribution in [0.1, 0.15) is 67.4 Å². The molecule has 2 aliphatic rings. The SMILES string of the molecule is COc1cc(C=Cc2onc(OC)c2C)c(OCC(O)CN2CCN(c3ccccc3C3CCCCC3)CC2C)cc1OC. The Labute approximate surface area is 261 Å². The van der Waals surface area contributed by atoms with Crippen molar-refractivity contribution < 1.29 is 28.6 Å². The van der Waals surface area contributed by atoms with Gasteiger partial charge in [0.25, 0.3) is 5.88 Å². The third-order valence-corrected chi connectivity index (χ3v) is 9.00. The van der Waals surface area contributed by atoms with Crippen molar-refractivity contribution in [2.24, 2.45) is 0 Å². The molecule has 0 radical (unpaired) electrons. The van der Waals surface area contributed by atoms with Crippen molar-refractivity contribution in [3.8, 4) is 23.1 Å². The predicted molar refractivity (Wildman–Crippen MR) is 173 cm³/mol. The Morgan fingerprint density at radius 1 is 0.977 bits per heavy atom. The molecule has 0 amide bonds. The zero-order chi connectivity index (χ0) is 31.1. The highest BCUT2D eigenvalue weighted by atomic mass is 16.5. The Balaban J connectivity index is 1.22. The lowest BCUT2D eigenvalue weighted by Crippen LogP contribution is -2.54. The van der Waals surface area contributed by atoms with Crippen LogP contribution >= 0.6 is 0 Å². The standard InChI is InChI=1S/C35H47N3O6/c1-24-21-38(30-14-10-9-13-29(30)26-11-7-6-8-12-26)18-17-37(24)22-28(39)23-43-32-20-34(41-4)33(40-3)19-27(32)15-16-31-25(2)35(42-5)36-44-31/h9-10,13-16,19-20,24,26,28,39H,6-8,11-12,17-18,21-23H2,1-5H3. The van der Waals surface area contributed by atoms with Crippen LogP contribution in [0.3, 0.4) is 0 Å². The van der Waals surface area contributed by atoms with Gasteiger partial charge in [0.15, 0.2) is 17.3 Å². The molecule has 2 heterocycles. The molecule has 1 aromatic heterocycles. The van der Waals surface area contributed by atoms with E-state index in [1.165, 1.54) is 43.4 Å². The van der Waals surface area contributed by atoms with Gasteiger partial charge in [-0.1, -0.05) is 37.5 Å². The number of para-hydroxylation sites is 1. The monoisotopic (exact) mass is 605 g/mol. The number of methoxy groups -OCH3 is 3. The average Bonchev–Trinajstić information content (AvgIpc) is 3.42. The van der Waals surface area contributed by atoms with Crippen LogP contribution < -0.4 is 23.8 Å². The van der Waals surface area contributed by atoms with E-state index in [4.69, 9.17) is 23.5 Å². The molecule has 1 saturated carbocycles. The highest BCUT2D eigenvalue weighted by molar-refractivity contribution is 5.74. The molecule has 1 saturated heterocycles. The average molecular weight is 606 g/mol. The molecular formula is C35H47N3O6. The number of ether oxygens (including phenoxy) is 4.